The summed E-state index contributed by atoms with van der Waals surface area (Å²) in [5.41, 5.74) is 2.94. The molecule has 0 saturated heterocycles. The summed E-state index contributed by atoms with van der Waals surface area (Å²) in [5.74, 6) is 10.1. The molecule has 4 aliphatic rings. The Bertz CT molecular complexity index is 407. The summed E-state index contributed by atoms with van der Waals surface area (Å²) in [4.78, 5) is 0. The Morgan fingerprint density at radius 1 is 1.11 bits per heavy atom. The van der Waals surface area contributed by atoms with E-state index >= 15 is 0 Å². The first kappa shape index (κ1) is 13.8. The highest BCUT2D eigenvalue weighted by molar-refractivity contribution is 7.90. The van der Waals surface area contributed by atoms with Crippen LogP contribution in [0.3, 0.4) is 0 Å². The van der Waals surface area contributed by atoms with Crippen molar-refractivity contribution in [3.05, 3.63) is 0 Å². The van der Waals surface area contributed by atoms with E-state index in [1.54, 1.807) is 0 Å². The second-order valence-electron chi connectivity index (χ2n) is 7.20. The third kappa shape index (κ3) is 2.83. The summed E-state index contributed by atoms with van der Waals surface area (Å²) in [6, 6.07) is 0.185. The van der Waals surface area contributed by atoms with Crippen molar-refractivity contribution in [2.75, 3.05) is 12.0 Å². The molecule has 4 bridgehead atoms. The van der Waals surface area contributed by atoms with E-state index in [-0.39, 0.29) is 11.8 Å². The number of nitrogens with one attached hydrogen (secondary N) is 1. The molecule has 19 heavy (non-hydrogen) atoms. The Labute approximate surface area is 116 Å². The smallest absolute Gasteiger partial charge is 0.147 e. The quantitative estimate of drug-likeness (QED) is 0.591. The van der Waals surface area contributed by atoms with E-state index < -0.39 is 9.84 Å². The van der Waals surface area contributed by atoms with Crippen LogP contribution in [0.1, 0.15) is 38.5 Å². The summed E-state index contributed by atoms with van der Waals surface area (Å²) in [7, 11) is -2.89. The van der Waals surface area contributed by atoms with Crippen LogP contribution in [-0.2, 0) is 9.84 Å². The van der Waals surface area contributed by atoms with Crippen LogP contribution < -0.4 is 11.3 Å². The lowest BCUT2D eigenvalue weighted by atomic mass is 9.50. The van der Waals surface area contributed by atoms with Gasteiger partial charge in [-0.3, -0.25) is 11.3 Å². The molecule has 0 aromatic carbocycles. The summed E-state index contributed by atoms with van der Waals surface area (Å²) in [6.07, 6.45) is 8.86. The van der Waals surface area contributed by atoms with E-state index in [1.165, 1.54) is 38.4 Å². The van der Waals surface area contributed by atoms with Crippen LogP contribution in [0.4, 0.5) is 0 Å². The van der Waals surface area contributed by atoms with Gasteiger partial charge in [-0.1, -0.05) is 0 Å². The van der Waals surface area contributed by atoms with Gasteiger partial charge in [0.2, 0.25) is 0 Å². The molecule has 0 aliphatic heterocycles. The van der Waals surface area contributed by atoms with E-state index in [1.807, 2.05) is 0 Å². The van der Waals surface area contributed by atoms with Gasteiger partial charge in [0.05, 0.1) is 5.75 Å². The van der Waals surface area contributed by atoms with Crippen LogP contribution in [0.15, 0.2) is 0 Å². The topological polar surface area (TPSA) is 72.2 Å². The fourth-order valence-corrected chi connectivity index (χ4v) is 6.03. The summed E-state index contributed by atoms with van der Waals surface area (Å²) in [5, 5.41) is 0. The fraction of sp³-hybridized carbons (Fsp3) is 1.00. The van der Waals surface area contributed by atoms with E-state index in [9.17, 15) is 8.42 Å². The van der Waals surface area contributed by atoms with Crippen molar-refractivity contribution in [3.8, 4) is 0 Å². The normalized spacial score (nSPS) is 42.5. The lowest BCUT2D eigenvalue weighted by Crippen LogP contribution is -2.54. The fourth-order valence-electron chi connectivity index (χ4n) is 5.35. The van der Waals surface area contributed by atoms with E-state index in [4.69, 9.17) is 5.84 Å². The molecule has 4 saturated carbocycles. The van der Waals surface area contributed by atoms with Gasteiger partial charge in [-0.25, -0.2) is 8.42 Å². The summed E-state index contributed by atoms with van der Waals surface area (Å²) >= 11 is 0. The number of hydrazine groups is 1. The SMILES string of the molecule is CS(=O)(=O)CCC(NN)C1C2CC3CC(C2)CC1C3. The second kappa shape index (κ2) is 5.01. The van der Waals surface area contributed by atoms with Crippen molar-refractivity contribution < 1.29 is 8.42 Å². The van der Waals surface area contributed by atoms with Crippen LogP contribution in [0.5, 0.6) is 0 Å². The number of hydrogen-bond donors (Lipinski definition) is 2. The van der Waals surface area contributed by atoms with Gasteiger partial charge in [0.1, 0.15) is 9.84 Å². The lowest BCUT2D eigenvalue weighted by molar-refractivity contribution is -0.0522. The molecule has 110 valence electrons. The van der Waals surface area contributed by atoms with Gasteiger partial charge < -0.3 is 0 Å². The zero-order valence-electron chi connectivity index (χ0n) is 11.7. The van der Waals surface area contributed by atoms with Gasteiger partial charge in [-0.15, -0.1) is 0 Å². The summed E-state index contributed by atoms with van der Waals surface area (Å²) < 4.78 is 22.7. The molecule has 4 rings (SSSR count). The Balaban J connectivity index is 1.69. The standard InChI is InChI=1S/C14H26N2O2S/c1-19(17,18)3-2-13(16-15)14-11-5-9-4-10(7-11)8-12(14)6-9/h9-14,16H,2-8,15H2,1H3. The first-order valence-electron chi connectivity index (χ1n) is 7.60. The van der Waals surface area contributed by atoms with Crippen molar-refractivity contribution in [1.82, 2.24) is 5.43 Å². The van der Waals surface area contributed by atoms with Gasteiger partial charge in [-0.05, 0) is 68.1 Å². The molecule has 3 N–H and O–H groups in total. The van der Waals surface area contributed by atoms with E-state index in [0.29, 0.717) is 12.3 Å². The molecule has 4 nitrogen and oxygen atoms in total. The zero-order valence-corrected chi connectivity index (χ0v) is 12.5. The second-order valence-corrected chi connectivity index (χ2v) is 9.46. The molecule has 0 aromatic rings. The molecule has 0 amide bonds. The summed E-state index contributed by atoms with van der Waals surface area (Å²) in [6.45, 7) is 0. The average molecular weight is 286 g/mol. The van der Waals surface area contributed by atoms with Gasteiger partial charge in [0.25, 0.3) is 0 Å². The molecule has 4 fully saturated rings. The predicted octanol–water partition coefficient (Wildman–Crippen LogP) is 1.33. The number of rotatable bonds is 5. The predicted molar refractivity (Wildman–Crippen MR) is 76.0 cm³/mol. The third-order valence-corrected chi connectivity index (χ3v) is 6.76. The van der Waals surface area contributed by atoms with Gasteiger partial charge >= 0.3 is 0 Å². The number of hydrogen-bond acceptors (Lipinski definition) is 4. The van der Waals surface area contributed by atoms with E-state index in [0.717, 1.165) is 23.7 Å². The third-order valence-electron chi connectivity index (χ3n) is 5.78. The lowest BCUT2D eigenvalue weighted by Gasteiger charge is -2.56. The molecule has 0 heterocycles. The molecular weight excluding hydrogens is 260 g/mol. The van der Waals surface area contributed by atoms with Gasteiger partial charge in [0.15, 0.2) is 0 Å². The molecule has 0 radical (unpaired) electrons. The molecule has 1 unspecified atom stereocenters. The largest absolute Gasteiger partial charge is 0.271 e. The molecule has 5 heteroatoms. The molecule has 0 spiro atoms. The Hall–Kier alpha value is -0.130. The maximum absolute atomic E-state index is 11.4. The Morgan fingerprint density at radius 2 is 1.63 bits per heavy atom. The first-order chi connectivity index (χ1) is 8.96. The number of sulfone groups is 1. The zero-order chi connectivity index (χ0) is 13.6. The van der Waals surface area contributed by atoms with Crippen molar-refractivity contribution in [3.63, 3.8) is 0 Å². The van der Waals surface area contributed by atoms with Crippen LogP contribution in [0, 0.1) is 29.6 Å². The maximum atomic E-state index is 11.4. The molecule has 0 aromatic heterocycles. The Kier molecular flexibility index (Phi) is 3.65. The van der Waals surface area contributed by atoms with Gasteiger partial charge in [-0.2, -0.15) is 0 Å². The molecule has 1 atom stereocenters. The maximum Gasteiger partial charge on any atom is 0.147 e. The van der Waals surface area contributed by atoms with Crippen molar-refractivity contribution in [2.45, 2.75) is 44.6 Å². The number of nitrogens with two attached hydrogens (primary N) is 1. The minimum Gasteiger partial charge on any atom is -0.271 e. The van der Waals surface area contributed by atoms with Gasteiger partial charge in [0, 0.05) is 12.3 Å². The minimum atomic E-state index is -2.89. The van der Waals surface area contributed by atoms with Crippen LogP contribution in [0.2, 0.25) is 0 Å². The highest BCUT2D eigenvalue weighted by atomic mass is 32.2. The molecular formula is C14H26N2O2S. The van der Waals surface area contributed by atoms with Crippen LogP contribution in [-0.4, -0.2) is 26.5 Å². The van der Waals surface area contributed by atoms with Crippen LogP contribution in [0.25, 0.3) is 0 Å². The monoisotopic (exact) mass is 286 g/mol. The Morgan fingerprint density at radius 3 is 2.05 bits per heavy atom. The van der Waals surface area contributed by atoms with Crippen molar-refractivity contribution in [2.24, 2.45) is 35.4 Å². The van der Waals surface area contributed by atoms with Crippen LogP contribution >= 0.6 is 0 Å². The highest BCUT2D eigenvalue weighted by Crippen LogP contribution is 2.57. The van der Waals surface area contributed by atoms with Crippen molar-refractivity contribution in [1.29, 1.82) is 0 Å². The average Bonchev–Trinajstić information content (AvgIpc) is 2.30. The highest BCUT2D eigenvalue weighted by Gasteiger charge is 2.50. The van der Waals surface area contributed by atoms with Crippen molar-refractivity contribution >= 4 is 9.84 Å². The first-order valence-corrected chi connectivity index (χ1v) is 9.66. The van der Waals surface area contributed by atoms with E-state index in [2.05, 4.69) is 5.43 Å². The minimum absolute atomic E-state index is 0.185. The molecule has 4 aliphatic carbocycles.